The summed E-state index contributed by atoms with van der Waals surface area (Å²) in [4.78, 5) is 26.1. The van der Waals surface area contributed by atoms with E-state index in [1.165, 1.54) is 24.5 Å². The predicted octanol–water partition coefficient (Wildman–Crippen LogP) is 2.56. The molecule has 2 aromatic carbocycles. The summed E-state index contributed by atoms with van der Waals surface area (Å²) in [6.45, 7) is 1.03. The van der Waals surface area contributed by atoms with Gasteiger partial charge in [0.1, 0.15) is 12.7 Å². The Balaban J connectivity index is 1.51. The highest BCUT2D eigenvalue weighted by Crippen LogP contribution is 2.14. The lowest BCUT2D eigenvalue weighted by Gasteiger charge is -2.05. The van der Waals surface area contributed by atoms with Crippen molar-refractivity contribution >= 4 is 17.7 Å². The number of non-ortho nitro benzene ring substituents is 1. The van der Waals surface area contributed by atoms with Crippen LogP contribution in [-0.4, -0.2) is 25.6 Å². The van der Waals surface area contributed by atoms with Gasteiger partial charge in [0.05, 0.1) is 11.5 Å². The number of amides is 1. The van der Waals surface area contributed by atoms with Gasteiger partial charge in [-0.15, -0.1) is 0 Å². The second-order valence-electron chi connectivity index (χ2n) is 5.81. The van der Waals surface area contributed by atoms with Gasteiger partial charge in [0.25, 0.3) is 5.69 Å². The van der Waals surface area contributed by atoms with Gasteiger partial charge in [0.2, 0.25) is 5.91 Å². The molecule has 3 aromatic rings. The number of hydrogen-bond donors (Lipinski definition) is 1. The molecule has 0 aliphatic rings. The maximum absolute atomic E-state index is 11.9. The van der Waals surface area contributed by atoms with Gasteiger partial charge in [0, 0.05) is 24.8 Å². The predicted molar refractivity (Wildman–Crippen MR) is 99.5 cm³/mol. The fourth-order valence-electron chi connectivity index (χ4n) is 2.43. The first-order valence-electron chi connectivity index (χ1n) is 8.21. The van der Waals surface area contributed by atoms with E-state index in [4.69, 9.17) is 0 Å². The largest absolute Gasteiger partial charge is 0.348 e. The zero-order valence-electron chi connectivity index (χ0n) is 14.4. The molecule has 1 aromatic heterocycles. The van der Waals surface area contributed by atoms with Crippen molar-refractivity contribution in [2.24, 2.45) is 0 Å². The van der Waals surface area contributed by atoms with Crippen LogP contribution < -0.4 is 5.32 Å². The molecule has 8 heteroatoms. The summed E-state index contributed by atoms with van der Waals surface area (Å²) in [6.07, 6.45) is 6.05. The van der Waals surface area contributed by atoms with Crippen LogP contribution in [0.15, 0.2) is 67.3 Å². The van der Waals surface area contributed by atoms with Crippen molar-refractivity contribution in [3.05, 3.63) is 94.1 Å². The van der Waals surface area contributed by atoms with Gasteiger partial charge in [-0.25, -0.2) is 9.67 Å². The Bertz CT molecular complexity index is 950. The van der Waals surface area contributed by atoms with Crippen LogP contribution in [0.1, 0.15) is 16.7 Å². The number of benzene rings is 2. The van der Waals surface area contributed by atoms with E-state index in [2.05, 4.69) is 15.4 Å². The number of hydrogen-bond acceptors (Lipinski definition) is 5. The number of rotatable bonds is 7. The van der Waals surface area contributed by atoms with Crippen molar-refractivity contribution in [2.75, 3.05) is 0 Å². The lowest BCUT2D eigenvalue weighted by Crippen LogP contribution is -2.20. The molecule has 1 heterocycles. The number of aromatic nitrogens is 3. The third-order valence-electron chi connectivity index (χ3n) is 3.81. The highest BCUT2D eigenvalue weighted by Gasteiger charge is 2.04. The molecule has 0 atom stereocenters. The lowest BCUT2D eigenvalue weighted by molar-refractivity contribution is -0.384. The molecule has 0 fully saturated rings. The molecule has 0 aliphatic carbocycles. The van der Waals surface area contributed by atoms with Crippen LogP contribution in [0.3, 0.4) is 0 Å². The van der Waals surface area contributed by atoms with Crippen LogP contribution in [0.4, 0.5) is 5.69 Å². The Labute approximate surface area is 155 Å². The van der Waals surface area contributed by atoms with Gasteiger partial charge in [-0.2, -0.15) is 5.10 Å². The molecule has 0 bridgehead atoms. The quantitative estimate of drug-likeness (QED) is 0.395. The van der Waals surface area contributed by atoms with Crippen LogP contribution in [0.5, 0.6) is 0 Å². The first-order chi connectivity index (χ1) is 13.1. The molecular weight excluding hydrogens is 346 g/mol. The molecule has 27 heavy (non-hydrogen) atoms. The van der Waals surface area contributed by atoms with Gasteiger partial charge in [-0.1, -0.05) is 36.4 Å². The number of nitro groups is 1. The number of nitrogens with one attached hydrogen (secondary N) is 1. The molecule has 0 saturated heterocycles. The molecule has 0 aliphatic heterocycles. The zero-order chi connectivity index (χ0) is 19.1. The third kappa shape index (κ3) is 5.33. The van der Waals surface area contributed by atoms with Crippen LogP contribution >= 0.6 is 0 Å². The Kier molecular flexibility index (Phi) is 5.68. The van der Waals surface area contributed by atoms with E-state index in [0.717, 1.165) is 11.1 Å². The van der Waals surface area contributed by atoms with Gasteiger partial charge in [-0.05, 0) is 22.8 Å². The molecule has 136 valence electrons. The summed E-state index contributed by atoms with van der Waals surface area (Å²) in [5.41, 5.74) is 2.64. The maximum atomic E-state index is 11.9. The minimum Gasteiger partial charge on any atom is -0.348 e. The molecule has 0 radical (unpaired) electrons. The normalized spacial score (nSPS) is 10.8. The first-order valence-corrected chi connectivity index (χ1v) is 8.21. The van der Waals surface area contributed by atoms with Crippen LogP contribution in [-0.2, 0) is 17.9 Å². The average molecular weight is 363 g/mol. The summed E-state index contributed by atoms with van der Waals surface area (Å²) in [5.74, 6) is -0.270. The average Bonchev–Trinajstić information content (AvgIpc) is 3.19. The number of nitro benzene ring substituents is 1. The molecule has 8 nitrogen and oxygen atoms in total. The standard InChI is InChI=1S/C19H17N5O3/c25-19(9-8-15-2-1-3-18(10-15)24(26)27)21-11-16-4-6-17(7-5-16)12-23-14-20-13-22-23/h1-10,13-14H,11-12H2,(H,21,25)/b9-8+. The van der Waals surface area contributed by atoms with Crippen LogP contribution in [0.2, 0.25) is 0 Å². The molecular formula is C19H17N5O3. The Morgan fingerprint density at radius 2 is 1.96 bits per heavy atom. The van der Waals surface area contributed by atoms with E-state index < -0.39 is 4.92 Å². The Morgan fingerprint density at radius 1 is 1.19 bits per heavy atom. The molecule has 0 spiro atoms. The van der Waals surface area contributed by atoms with Gasteiger partial charge in [-0.3, -0.25) is 14.9 Å². The van der Waals surface area contributed by atoms with Crippen molar-refractivity contribution < 1.29 is 9.72 Å². The fraction of sp³-hybridized carbons (Fsp3) is 0.105. The summed E-state index contributed by atoms with van der Waals surface area (Å²) >= 11 is 0. The lowest BCUT2D eigenvalue weighted by atomic mass is 10.1. The summed E-state index contributed by atoms with van der Waals surface area (Å²) in [5, 5.41) is 17.6. The van der Waals surface area contributed by atoms with Crippen LogP contribution in [0.25, 0.3) is 6.08 Å². The zero-order valence-corrected chi connectivity index (χ0v) is 14.4. The number of carbonyl (C=O) groups excluding carboxylic acids is 1. The molecule has 1 N–H and O–H groups in total. The van der Waals surface area contributed by atoms with E-state index in [1.54, 1.807) is 29.2 Å². The Hall–Kier alpha value is -3.81. The molecule has 3 rings (SSSR count). The summed E-state index contributed by atoms with van der Waals surface area (Å²) < 4.78 is 1.73. The highest BCUT2D eigenvalue weighted by atomic mass is 16.6. The van der Waals surface area contributed by atoms with E-state index >= 15 is 0 Å². The molecule has 1 amide bonds. The second-order valence-corrected chi connectivity index (χ2v) is 5.81. The topological polar surface area (TPSA) is 103 Å². The second kappa shape index (κ2) is 8.52. The van der Waals surface area contributed by atoms with Gasteiger partial charge in [0.15, 0.2) is 0 Å². The van der Waals surface area contributed by atoms with E-state index in [1.807, 2.05) is 24.3 Å². The van der Waals surface area contributed by atoms with Gasteiger partial charge < -0.3 is 5.32 Å². The van der Waals surface area contributed by atoms with E-state index in [-0.39, 0.29) is 11.6 Å². The minimum absolute atomic E-state index is 0.0106. The number of carbonyl (C=O) groups is 1. The maximum Gasteiger partial charge on any atom is 0.270 e. The first kappa shape index (κ1) is 18.0. The third-order valence-corrected chi connectivity index (χ3v) is 3.81. The molecule has 0 saturated carbocycles. The monoisotopic (exact) mass is 363 g/mol. The molecule has 0 unspecified atom stereocenters. The van der Waals surface area contributed by atoms with E-state index in [0.29, 0.717) is 18.7 Å². The van der Waals surface area contributed by atoms with E-state index in [9.17, 15) is 14.9 Å². The fourth-order valence-corrected chi connectivity index (χ4v) is 2.43. The van der Waals surface area contributed by atoms with Crippen molar-refractivity contribution in [1.29, 1.82) is 0 Å². The van der Waals surface area contributed by atoms with Crippen molar-refractivity contribution in [1.82, 2.24) is 20.1 Å². The summed E-state index contributed by atoms with van der Waals surface area (Å²) in [6, 6.07) is 13.9. The smallest absolute Gasteiger partial charge is 0.270 e. The van der Waals surface area contributed by atoms with Crippen molar-refractivity contribution in [2.45, 2.75) is 13.1 Å². The number of nitrogens with zero attached hydrogens (tertiary/aromatic N) is 4. The van der Waals surface area contributed by atoms with Crippen molar-refractivity contribution in [3.8, 4) is 0 Å². The summed E-state index contributed by atoms with van der Waals surface area (Å²) in [7, 11) is 0. The Morgan fingerprint density at radius 3 is 2.67 bits per heavy atom. The SMILES string of the molecule is O=C(/C=C/c1cccc([N+](=O)[O-])c1)NCc1ccc(Cn2cncn2)cc1. The van der Waals surface area contributed by atoms with Crippen molar-refractivity contribution in [3.63, 3.8) is 0 Å². The minimum atomic E-state index is -0.468. The van der Waals surface area contributed by atoms with Crippen LogP contribution in [0, 0.1) is 10.1 Å². The highest BCUT2D eigenvalue weighted by molar-refractivity contribution is 5.91. The van der Waals surface area contributed by atoms with Gasteiger partial charge >= 0.3 is 0 Å².